The van der Waals surface area contributed by atoms with Crippen LogP contribution >= 0.6 is 0 Å². The van der Waals surface area contributed by atoms with Crippen LogP contribution in [0.25, 0.3) is 6.08 Å². The molecule has 1 aliphatic rings. The van der Waals surface area contributed by atoms with Crippen molar-refractivity contribution in [1.29, 1.82) is 0 Å². The van der Waals surface area contributed by atoms with E-state index in [1.807, 2.05) is 56.3 Å². The zero-order chi connectivity index (χ0) is 14.8. The van der Waals surface area contributed by atoms with Crippen molar-refractivity contribution in [1.82, 2.24) is 4.98 Å². The molecule has 1 aromatic carbocycles. The average molecular weight is 277 g/mol. The topological polar surface area (TPSA) is 45.6 Å². The number of nitrogens with zero attached hydrogens (tertiary/aromatic N) is 3. The van der Waals surface area contributed by atoms with Crippen LogP contribution < -0.4 is 5.01 Å². The maximum absolute atomic E-state index is 12.5. The molecule has 0 saturated heterocycles. The van der Waals surface area contributed by atoms with E-state index in [9.17, 15) is 4.79 Å². The van der Waals surface area contributed by atoms with Crippen LogP contribution in [-0.4, -0.2) is 16.6 Å². The molecule has 0 radical (unpaired) electrons. The fourth-order valence-corrected chi connectivity index (χ4v) is 2.17. The van der Waals surface area contributed by atoms with E-state index in [4.69, 9.17) is 0 Å². The minimum Gasteiger partial charge on any atom is -0.267 e. The molecule has 0 atom stereocenters. The first-order chi connectivity index (χ1) is 10.1. The van der Waals surface area contributed by atoms with Crippen molar-refractivity contribution in [2.24, 2.45) is 5.10 Å². The van der Waals surface area contributed by atoms with Crippen LogP contribution in [0.4, 0.5) is 5.69 Å². The van der Waals surface area contributed by atoms with Crippen LogP contribution in [0.1, 0.15) is 18.1 Å². The van der Waals surface area contributed by atoms with Crippen molar-refractivity contribution in [2.75, 3.05) is 5.01 Å². The van der Waals surface area contributed by atoms with E-state index in [0.29, 0.717) is 11.3 Å². The van der Waals surface area contributed by atoms with E-state index in [2.05, 4.69) is 10.1 Å². The lowest BCUT2D eigenvalue weighted by Gasteiger charge is -2.11. The van der Waals surface area contributed by atoms with Gasteiger partial charge in [-0.15, -0.1) is 0 Å². The van der Waals surface area contributed by atoms with Crippen LogP contribution in [-0.2, 0) is 4.79 Å². The number of hydrogen-bond acceptors (Lipinski definition) is 3. The number of rotatable bonds is 2. The summed E-state index contributed by atoms with van der Waals surface area (Å²) < 4.78 is 0. The number of aromatic nitrogens is 1. The second-order valence-corrected chi connectivity index (χ2v) is 4.98. The highest BCUT2D eigenvalue weighted by atomic mass is 16.2. The second-order valence-electron chi connectivity index (χ2n) is 4.98. The van der Waals surface area contributed by atoms with Gasteiger partial charge in [0, 0.05) is 12.4 Å². The van der Waals surface area contributed by atoms with Crippen LogP contribution in [0.5, 0.6) is 0 Å². The first-order valence-corrected chi connectivity index (χ1v) is 6.73. The Hall–Kier alpha value is -2.75. The fraction of sp³-hybridized carbons (Fsp3) is 0.118. The van der Waals surface area contributed by atoms with Gasteiger partial charge in [-0.1, -0.05) is 23.8 Å². The largest absolute Gasteiger partial charge is 0.280 e. The summed E-state index contributed by atoms with van der Waals surface area (Å²) >= 11 is 0. The second kappa shape index (κ2) is 5.32. The SMILES string of the molecule is CC1=NN(c2ccc(C)cc2)C(=O)/C1=C/c1cccnc1. The summed E-state index contributed by atoms with van der Waals surface area (Å²) in [4.78, 5) is 16.6. The van der Waals surface area contributed by atoms with Crippen molar-refractivity contribution >= 4 is 23.4 Å². The van der Waals surface area contributed by atoms with Gasteiger partial charge in [0.15, 0.2) is 0 Å². The molecule has 0 saturated carbocycles. The van der Waals surface area contributed by atoms with Crippen molar-refractivity contribution in [3.05, 3.63) is 65.5 Å². The molecule has 104 valence electrons. The predicted molar refractivity (Wildman–Crippen MR) is 84.0 cm³/mol. The van der Waals surface area contributed by atoms with E-state index < -0.39 is 0 Å². The summed E-state index contributed by atoms with van der Waals surface area (Å²) in [7, 11) is 0. The van der Waals surface area contributed by atoms with Gasteiger partial charge < -0.3 is 0 Å². The van der Waals surface area contributed by atoms with Gasteiger partial charge in [-0.2, -0.15) is 10.1 Å². The monoisotopic (exact) mass is 277 g/mol. The molecule has 4 nitrogen and oxygen atoms in total. The lowest BCUT2D eigenvalue weighted by Crippen LogP contribution is -2.21. The number of carbonyl (C=O) groups is 1. The summed E-state index contributed by atoms with van der Waals surface area (Å²) in [6, 6.07) is 11.5. The Kier molecular flexibility index (Phi) is 3.36. The van der Waals surface area contributed by atoms with Gasteiger partial charge in [-0.05, 0) is 43.7 Å². The van der Waals surface area contributed by atoms with Crippen molar-refractivity contribution in [2.45, 2.75) is 13.8 Å². The minimum atomic E-state index is -0.111. The van der Waals surface area contributed by atoms with Gasteiger partial charge in [0.25, 0.3) is 5.91 Å². The summed E-state index contributed by atoms with van der Waals surface area (Å²) in [5, 5.41) is 5.80. The highest BCUT2D eigenvalue weighted by Crippen LogP contribution is 2.24. The molecule has 2 heterocycles. The Labute approximate surface area is 123 Å². The van der Waals surface area contributed by atoms with Crippen LogP contribution in [0.3, 0.4) is 0 Å². The molecular weight excluding hydrogens is 262 g/mol. The number of carbonyl (C=O) groups excluding carboxylic acids is 1. The highest BCUT2D eigenvalue weighted by molar-refractivity contribution is 6.32. The fourth-order valence-electron chi connectivity index (χ4n) is 2.17. The Bertz CT molecular complexity index is 730. The van der Waals surface area contributed by atoms with Gasteiger partial charge in [0.05, 0.1) is 17.0 Å². The molecular formula is C17H15N3O. The molecule has 1 aromatic heterocycles. The Balaban J connectivity index is 1.94. The van der Waals surface area contributed by atoms with Gasteiger partial charge >= 0.3 is 0 Å². The normalized spacial score (nSPS) is 16.5. The lowest BCUT2D eigenvalue weighted by molar-refractivity contribution is -0.114. The smallest absolute Gasteiger partial charge is 0.267 e. The van der Waals surface area contributed by atoms with E-state index in [0.717, 1.165) is 16.8 Å². The number of anilines is 1. The van der Waals surface area contributed by atoms with E-state index in [1.54, 1.807) is 12.4 Å². The highest BCUT2D eigenvalue weighted by Gasteiger charge is 2.28. The van der Waals surface area contributed by atoms with Crippen molar-refractivity contribution in [3.8, 4) is 0 Å². The first kappa shape index (κ1) is 13.2. The summed E-state index contributed by atoms with van der Waals surface area (Å²) in [5.74, 6) is -0.111. The number of benzene rings is 1. The molecule has 0 unspecified atom stereocenters. The third-order valence-electron chi connectivity index (χ3n) is 3.34. The molecule has 2 aromatic rings. The number of amides is 1. The van der Waals surface area contributed by atoms with Crippen molar-refractivity contribution in [3.63, 3.8) is 0 Å². The molecule has 0 spiro atoms. The van der Waals surface area contributed by atoms with Gasteiger partial charge in [-0.3, -0.25) is 9.78 Å². The average Bonchev–Trinajstić information content (AvgIpc) is 2.77. The third-order valence-corrected chi connectivity index (χ3v) is 3.34. The maximum Gasteiger partial charge on any atom is 0.280 e. The van der Waals surface area contributed by atoms with Gasteiger partial charge in [0.1, 0.15) is 0 Å². The molecule has 4 heteroatoms. The lowest BCUT2D eigenvalue weighted by atomic mass is 10.1. The zero-order valence-corrected chi connectivity index (χ0v) is 11.9. The summed E-state index contributed by atoms with van der Waals surface area (Å²) in [6.07, 6.45) is 5.25. The quantitative estimate of drug-likeness (QED) is 0.791. The van der Waals surface area contributed by atoms with Crippen LogP contribution in [0.2, 0.25) is 0 Å². The molecule has 3 rings (SSSR count). The Morgan fingerprint density at radius 1 is 1.10 bits per heavy atom. The molecule has 1 aliphatic heterocycles. The Morgan fingerprint density at radius 3 is 2.52 bits per heavy atom. The molecule has 0 bridgehead atoms. The van der Waals surface area contributed by atoms with Crippen LogP contribution in [0.15, 0.2) is 59.5 Å². The summed E-state index contributed by atoms with van der Waals surface area (Å²) in [6.45, 7) is 3.85. The maximum atomic E-state index is 12.5. The minimum absolute atomic E-state index is 0.111. The third kappa shape index (κ3) is 2.60. The number of aryl methyl sites for hydroxylation is 1. The number of pyridine rings is 1. The van der Waals surface area contributed by atoms with Gasteiger partial charge in [-0.25, -0.2) is 0 Å². The number of hydrazone groups is 1. The standard InChI is InChI=1S/C17H15N3O/c1-12-5-7-15(8-6-12)20-17(21)16(13(2)19-20)10-14-4-3-9-18-11-14/h3-11H,1-2H3/b16-10+. The number of hydrogen-bond donors (Lipinski definition) is 0. The van der Waals surface area contributed by atoms with E-state index >= 15 is 0 Å². The molecule has 0 N–H and O–H groups in total. The van der Waals surface area contributed by atoms with E-state index in [1.165, 1.54) is 5.01 Å². The first-order valence-electron chi connectivity index (χ1n) is 6.73. The molecule has 0 fully saturated rings. The Morgan fingerprint density at radius 2 is 1.86 bits per heavy atom. The van der Waals surface area contributed by atoms with Crippen molar-refractivity contribution < 1.29 is 4.79 Å². The molecule has 0 aliphatic carbocycles. The molecule has 1 amide bonds. The predicted octanol–water partition coefficient (Wildman–Crippen LogP) is 3.20. The van der Waals surface area contributed by atoms with Gasteiger partial charge in [0.2, 0.25) is 0 Å². The molecule has 21 heavy (non-hydrogen) atoms. The zero-order valence-electron chi connectivity index (χ0n) is 11.9. The van der Waals surface area contributed by atoms with Crippen LogP contribution in [0, 0.1) is 6.92 Å². The summed E-state index contributed by atoms with van der Waals surface area (Å²) in [5.41, 5.74) is 4.13. The van der Waals surface area contributed by atoms with E-state index in [-0.39, 0.29) is 5.91 Å².